The molecule has 2 atom stereocenters. The van der Waals surface area contributed by atoms with Crippen LogP contribution in [0.4, 0.5) is 0 Å². The summed E-state index contributed by atoms with van der Waals surface area (Å²) >= 11 is 0. The van der Waals surface area contributed by atoms with Crippen LogP contribution < -0.4 is 9.47 Å². The highest BCUT2D eigenvalue weighted by atomic mass is 16.5. The van der Waals surface area contributed by atoms with Gasteiger partial charge in [0, 0.05) is 42.4 Å². The Morgan fingerprint density at radius 1 is 1.00 bits per heavy atom. The lowest BCUT2D eigenvalue weighted by Gasteiger charge is -2.36. The van der Waals surface area contributed by atoms with Gasteiger partial charge in [-0.25, -0.2) is 9.50 Å². The number of ether oxygens (including phenoxy) is 2. The van der Waals surface area contributed by atoms with Gasteiger partial charge in [0.2, 0.25) is 0 Å². The van der Waals surface area contributed by atoms with Crippen LogP contribution in [0.1, 0.15) is 41.4 Å². The Morgan fingerprint density at radius 2 is 1.82 bits per heavy atom. The van der Waals surface area contributed by atoms with Gasteiger partial charge in [-0.05, 0) is 43.0 Å². The van der Waals surface area contributed by atoms with E-state index in [1.54, 1.807) is 14.2 Å². The van der Waals surface area contributed by atoms with Crippen LogP contribution in [0.5, 0.6) is 11.5 Å². The maximum absolute atomic E-state index is 5.54. The fourth-order valence-electron chi connectivity index (χ4n) is 5.71. The van der Waals surface area contributed by atoms with Gasteiger partial charge in [-0.2, -0.15) is 5.10 Å². The van der Waals surface area contributed by atoms with E-state index in [0.717, 1.165) is 41.2 Å². The molecule has 6 rings (SSSR count). The highest BCUT2D eigenvalue weighted by Gasteiger charge is 2.41. The van der Waals surface area contributed by atoms with E-state index < -0.39 is 0 Å². The maximum Gasteiger partial charge on any atom is 0.163 e. The SMILES string of the molecule is COc1ccc(-c2c(C)nn3c4c(cnc23)[C@H]2CC[C@H](C4)N2Cc2ccccc2)cc1OC. The van der Waals surface area contributed by atoms with Gasteiger partial charge in [0.05, 0.1) is 25.6 Å². The summed E-state index contributed by atoms with van der Waals surface area (Å²) in [4.78, 5) is 7.61. The van der Waals surface area contributed by atoms with E-state index in [1.807, 2.05) is 12.1 Å². The van der Waals surface area contributed by atoms with Crippen molar-refractivity contribution in [2.75, 3.05) is 14.2 Å². The number of nitrogens with zero attached hydrogens (tertiary/aromatic N) is 4. The molecule has 0 saturated carbocycles. The Bertz CT molecular complexity index is 1330. The number of hydrogen-bond acceptors (Lipinski definition) is 5. The molecule has 168 valence electrons. The van der Waals surface area contributed by atoms with Crippen LogP contribution in [-0.2, 0) is 13.0 Å². The van der Waals surface area contributed by atoms with Crippen molar-refractivity contribution in [3.63, 3.8) is 0 Å². The van der Waals surface area contributed by atoms with Crippen molar-refractivity contribution in [3.8, 4) is 22.6 Å². The van der Waals surface area contributed by atoms with Crippen molar-refractivity contribution >= 4 is 5.65 Å². The van der Waals surface area contributed by atoms with Gasteiger partial charge in [0.25, 0.3) is 0 Å². The van der Waals surface area contributed by atoms with Gasteiger partial charge in [-0.15, -0.1) is 0 Å². The smallest absolute Gasteiger partial charge is 0.163 e. The van der Waals surface area contributed by atoms with Crippen molar-refractivity contribution in [1.82, 2.24) is 19.5 Å². The van der Waals surface area contributed by atoms with E-state index in [9.17, 15) is 0 Å². The molecule has 2 aliphatic heterocycles. The Morgan fingerprint density at radius 3 is 2.61 bits per heavy atom. The summed E-state index contributed by atoms with van der Waals surface area (Å²) in [6.07, 6.45) is 5.50. The monoisotopic (exact) mass is 440 g/mol. The second-order valence-corrected chi connectivity index (χ2v) is 9.03. The lowest BCUT2D eigenvalue weighted by atomic mass is 9.98. The summed E-state index contributed by atoms with van der Waals surface area (Å²) in [6, 6.07) is 17.7. The molecule has 4 aromatic rings. The highest BCUT2D eigenvalue weighted by Crippen LogP contribution is 2.45. The molecule has 2 aromatic carbocycles. The topological polar surface area (TPSA) is 51.9 Å². The van der Waals surface area contributed by atoms with Crippen LogP contribution >= 0.6 is 0 Å². The summed E-state index contributed by atoms with van der Waals surface area (Å²) in [5, 5.41) is 4.97. The third-order valence-electron chi connectivity index (χ3n) is 7.26. The van der Waals surface area contributed by atoms with Crippen molar-refractivity contribution < 1.29 is 9.47 Å². The van der Waals surface area contributed by atoms with Crippen molar-refractivity contribution in [2.24, 2.45) is 0 Å². The van der Waals surface area contributed by atoms with Gasteiger partial charge in [0.1, 0.15) is 0 Å². The molecule has 0 radical (unpaired) electrons. The van der Waals surface area contributed by atoms with Crippen molar-refractivity contribution in [2.45, 2.75) is 44.8 Å². The first-order chi connectivity index (χ1) is 16.2. The predicted octanol–water partition coefficient (Wildman–Crippen LogP) is 4.98. The van der Waals surface area contributed by atoms with Crippen molar-refractivity contribution in [1.29, 1.82) is 0 Å². The van der Waals surface area contributed by atoms with E-state index >= 15 is 0 Å². The normalized spacial score (nSPS) is 19.6. The van der Waals surface area contributed by atoms with E-state index in [-0.39, 0.29) is 0 Å². The van der Waals surface area contributed by atoms with Crippen LogP contribution in [0.3, 0.4) is 0 Å². The fourth-order valence-corrected chi connectivity index (χ4v) is 5.71. The molecule has 0 N–H and O–H groups in total. The third kappa shape index (κ3) is 3.20. The number of aromatic nitrogens is 3. The number of benzene rings is 2. The lowest BCUT2D eigenvalue weighted by molar-refractivity contribution is 0.165. The first-order valence-corrected chi connectivity index (χ1v) is 11.6. The second kappa shape index (κ2) is 7.89. The van der Waals surface area contributed by atoms with E-state index in [0.29, 0.717) is 17.8 Å². The molecule has 1 fully saturated rings. The summed E-state index contributed by atoms with van der Waals surface area (Å²) in [6.45, 7) is 3.05. The summed E-state index contributed by atoms with van der Waals surface area (Å²) in [5.41, 5.74) is 7.99. The zero-order valence-electron chi connectivity index (χ0n) is 19.3. The average molecular weight is 441 g/mol. The second-order valence-electron chi connectivity index (χ2n) is 9.03. The largest absolute Gasteiger partial charge is 0.493 e. The highest BCUT2D eigenvalue weighted by molar-refractivity contribution is 5.81. The Kier molecular flexibility index (Phi) is 4.84. The quantitative estimate of drug-likeness (QED) is 0.438. The molecule has 0 unspecified atom stereocenters. The standard InChI is InChI=1S/C27H28N4O2/c1-17-26(19-9-12-24(32-2)25(13-19)33-3)27-28-15-21-22-11-10-20(14-23(21)31(27)29-17)30(22)16-18-7-5-4-6-8-18/h4-9,12-13,15,20,22H,10-11,14,16H2,1-3H3/t20-,22-/m1/s1. The Hall–Kier alpha value is -3.38. The predicted molar refractivity (Wildman–Crippen MR) is 128 cm³/mol. The molecular weight excluding hydrogens is 412 g/mol. The third-order valence-corrected chi connectivity index (χ3v) is 7.26. The molecule has 2 bridgehead atoms. The molecule has 0 spiro atoms. The summed E-state index contributed by atoms with van der Waals surface area (Å²) in [7, 11) is 3.32. The molecule has 33 heavy (non-hydrogen) atoms. The number of rotatable bonds is 5. The van der Waals surface area contributed by atoms with Crippen LogP contribution in [-0.4, -0.2) is 39.8 Å². The molecule has 1 saturated heterocycles. The minimum atomic E-state index is 0.407. The zero-order chi connectivity index (χ0) is 22.5. The first kappa shape index (κ1) is 20.2. The van der Waals surface area contributed by atoms with Gasteiger partial charge >= 0.3 is 0 Å². The Balaban J connectivity index is 1.42. The fraction of sp³-hybridized carbons (Fsp3) is 0.333. The van der Waals surface area contributed by atoms with Crippen LogP contribution in [0.2, 0.25) is 0 Å². The Labute approximate surface area is 193 Å². The number of methoxy groups -OCH3 is 2. The molecule has 0 amide bonds. The minimum Gasteiger partial charge on any atom is -0.493 e. The van der Waals surface area contributed by atoms with E-state index in [4.69, 9.17) is 19.6 Å². The van der Waals surface area contributed by atoms with Crippen LogP contribution in [0, 0.1) is 6.92 Å². The maximum atomic E-state index is 5.54. The first-order valence-electron chi connectivity index (χ1n) is 11.6. The van der Waals surface area contributed by atoms with Crippen LogP contribution in [0.15, 0.2) is 54.7 Å². The molecular formula is C27H28N4O2. The van der Waals surface area contributed by atoms with E-state index in [2.05, 4.69) is 58.9 Å². The molecule has 6 nitrogen and oxygen atoms in total. The number of fused-ring (bicyclic) bond motifs is 6. The molecule has 2 aromatic heterocycles. The number of hydrogen-bond donors (Lipinski definition) is 0. The lowest BCUT2D eigenvalue weighted by Crippen LogP contribution is -2.38. The van der Waals surface area contributed by atoms with Gasteiger partial charge < -0.3 is 9.47 Å². The number of aryl methyl sites for hydroxylation is 1. The summed E-state index contributed by atoms with van der Waals surface area (Å²) in [5.74, 6) is 1.43. The van der Waals surface area contributed by atoms with Gasteiger partial charge in [-0.3, -0.25) is 4.90 Å². The average Bonchev–Trinajstić information content (AvgIpc) is 3.32. The van der Waals surface area contributed by atoms with Gasteiger partial charge in [-0.1, -0.05) is 36.4 Å². The molecule has 0 aliphatic carbocycles. The van der Waals surface area contributed by atoms with Crippen molar-refractivity contribution in [3.05, 3.63) is 77.2 Å². The molecule has 4 heterocycles. The zero-order valence-corrected chi connectivity index (χ0v) is 19.3. The molecule has 2 aliphatic rings. The minimum absolute atomic E-state index is 0.407. The summed E-state index contributed by atoms with van der Waals surface area (Å²) < 4.78 is 13.1. The van der Waals surface area contributed by atoms with E-state index in [1.165, 1.54) is 29.7 Å². The van der Waals surface area contributed by atoms with Gasteiger partial charge in [0.15, 0.2) is 17.1 Å². The van der Waals surface area contributed by atoms with Crippen LogP contribution in [0.25, 0.3) is 16.8 Å². The molecule has 6 heteroatoms.